The molecule has 2 fully saturated rings. The van der Waals surface area contributed by atoms with Gasteiger partial charge in [-0.25, -0.2) is 0 Å². The number of hydrogen-bond acceptors (Lipinski definition) is 1. The van der Waals surface area contributed by atoms with Crippen molar-refractivity contribution in [2.24, 2.45) is 11.8 Å². The van der Waals surface area contributed by atoms with Gasteiger partial charge in [-0.1, -0.05) is 97.4 Å². The first kappa shape index (κ1) is 25.3. The zero-order valence-corrected chi connectivity index (χ0v) is 25.2. The largest absolute Gasteiger partial charge is 0.310 e. The Morgan fingerprint density at radius 2 is 1.31 bits per heavy atom. The topological polar surface area (TPSA) is 8.17 Å². The molecular formula is C43H34N2. The van der Waals surface area contributed by atoms with Crippen molar-refractivity contribution in [3.63, 3.8) is 0 Å². The molecule has 3 aliphatic rings. The molecule has 45 heavy (non-hydrogen) atoms. The molecule has 7 aromatic rings. The number of benzene rings is 6. The molecule has 0 radical (unpaired) electrons. The van der Waals surface area contributed by atoms with Crippen molar-refractivity contribution in [3.05, 3.63) is 157 Å². The van der Waals surface area contributed by atoms with E-state index >= 15 is 0 Å². The zero-order valence-electron chi connectivity index (χ0n) is 25.2. The van der Waals surface area contributed by atoms with Gasteiger partial charge in [0, 0.05) is 38.8 Å². The van der Waals surface area contributed by atoms with Gasteiger partial charge >= 0.3 is 0 Å². The van der Waals surface area contributed by atoms with E-state index in [9.17, 15) is 0 Å². The van der Waals surface area contributed by atoms with E-state index in [-0.39, 0.29) is 5.41 Å². The third-order valence-electron chi connectivity index (χ3n) is 11.2. The van der Waals surface area contributed by atoms with Crippen LogP contribution in [0, 0.1) is 11.8 Å². The summed E-state index contributed by atoms with van der Waals surface area (Å²) in [4.78, 5) is 2.51. The highest BCUT2D eigenvalue weighted by atomic mass is 15.1. The van der Waals surface area contributed by atoms with E-state index in [1.807, 2.05) is 0 Å². The minimum absolute atomic E-state index is 0.153. The summed E-state index contributed by atoms with van der Waals surface area (Å²) in [5.41, 5.74) is 13.4. The van der Waals surface area contributed by atoms with E-state index in [0.717, 1.165) is 11.8 Å². The SMILES string of the molecule is c1ccc(N(c2ccc3c(c2)c2ccccc2n3-c2ccccc2)c2cccc3c2-c2ccccc2C32CC3CCC2C3)cc1. The number of nitrogens with zero attached hydrogens (tertiary/aromatic N) is 2. The van der Waals surface area contributed by atoms with Gasteiger partial charge in [0.1, 0.15) is 0 Å². The van der Waals surface area contributed by atoms with Crippen molar-refractivity contribution in [2.45, 2.75) is 31.1 Å². The van der Waals surface area contributed by atoms with Gasteiger partial charge in [-0.15, -0.1) is 0 Å². The van der Waals surface area contributed by atoms with Gasteiger partial charge in [0.2, 0.25) is 0 Å². The normalized spacial score (nSPS) is 21.1. The third-order valence-corrected chi connectivity index (χ3v) is 11.2. The molecule has 216 valence electrons. The van der Waals surface area contributed by atoms with Crippen molar-refractivity contribution in [1.29, 1.82) is 0 Å². The lowest BCUT2D eigenvalue weighted by Gasteiger charge is -2.37. The summed E-state index contributed by atoms with van der Waals surface area (Å²) in [7, 11) is 0. The summed E-state index contributed by atoms with van der Waals surface area (Å²) in [6.45, 7) is 0. The first-order chi connectivity index (χ1) is 22.3. The summed E-state index contributed by atoms with van der Waals surface area (Å²) in [5, 5.41) is 2.54. The molecule has 2 heteroatoms. The molecule has 1 heterocycles. The first-order valence-electron chi connectivity index (χ1n) is 16.5. The second-order valence-electron chi connectivity index (χ2n) is 13.4. The standard InChI is InChI=1S/C43H34N2/c1-3-12-31(13-4-1)44(33-24-25-40-36(27-33)34-16-8-10-20-39(34)45(40)32-14-5-2-6-15-32)41-21-11-19-38-42(41)35-17-7-9-18-37(35)43(38)28-29-22-23-30(43)26-29/h1-21,24-25,27,29-30H,22-23,26,28H2. The number of hydrogen-bond donors (Lipinski definition) is 0. The predicted molar refractivity (Wildman–Crippen MR) is 187 cm³/mol. The Morgan fingerprint density at radius 1 is 0.578 bits per heavy atom. The van der Waals surface area contributed by atoms with E-state index in [1.54, 1.807) is 11.1 Å². The Labute approximate surface area is 264 Å². The first-order valence-corrected chi connectivity index (χ1v) is 16.5. The van der Waals surface area contributed by atoms with Gasteiger partial charge in [-0.05, 0) is 102 Å². The van der Waals surface area contributed by atoms with E-state index in [1.165, 1.54) is 81.4 Å². The fraction of sp³-hybridized carbons (Fsp3) is 0.163. The summed E-state index contributed by atoms with van der Waals surface area (Å²) in [5.74, 6) is 1.60. The van der Waals surface area contributed by atoms with Gasteiger partial charge in [0.15, 0.2) is 0 Å². The summed E-state index contributed by atoms with van der Waals surface area (Å²) in [6.07, 6.45) is 5.42. The minimum atomic E-state index is 0.153. The fourth-order valence-corrected chi connectivity index (χ4v) is 9.57. The Bertz CT molecular complexity index is 2250. The van der Waals surface area contributed by atoms with Crippen molar-refractivity contribution in [2.75, 3.05) is 4.90 Å². The van der Waals surface area contributed by atoms with Crippen LogP contribution >= 0.6 is 0 Å². The van der Waals surface area contributed by atoms with Crippen molar-refractivity contribution < 1.29 is 0 Å². The Morgan fingerprint density at radius 3 is 2.13 bits per heavy atom. The molecule has 3 unspecified atom stereocenters. The maximum Gasteiger partial charge on any atom is 0.0543 e. The number of fused-ring (bicyclic) bond motifs is 11. The van der Waals surface area contributed by atoms with Crippen molar-refractivity contribution in [3.8, 4) is 16.8 Å². The Kier molecular flexibility index (Phi) is 5.31. The van der Waals surface area contributed by atoms with Gasteiger partial charge in [0.25, 0.3) is 0 Å². The van der Waals surface area contributed by atoms with E-state index < -0.39 is 0 Å². The summed E-state index contributed by atoms with van der Waals surface area (Å²) >= 11 is 0. The Hall–Kier alpha value is -5.08. The highest BCUT2D eigenvalue weighted by Crippen LogP contribution is 2.67. The maximum atomic E-state index is 2.51. The molecule has 10 rings (SSSR count). The van der Waals surface area contributed by atoms with Gasteiger partial charge < -0.3 is 9.47 Å². The molecule has 1 spiro atoms. The average Bonchev–Trinajstić information content (AvgIpc) is 3.87. The molecule has 2 nitrogen and oxygen atoms in total. The van der Waals surface area contributed by atoms with Crippen LogP contribution in [0.1, 0.15) is 36.8 Å². The average molecular weight is 579 g/mol. The molecule has 0 amide bonds. The van der Waals surface area contributed by atoms with Crippen LogP contribution in [-0.2, 0) is 5.41 Å². The van der Waals surface area contributed by atoms with Gasteiger partial charge in [-0.2, -0.15) is 0 Å². The predicted octanol–water partition coefficient (Wildman–Crippen LogP) is 11.3. The van der Waals surface area contributed by atoms with Crippen molar-refractivity contribution >= 4 is 38.9 Å². The number of anilines is 3. The molecule has 3 aliphatic carbocycles. The van der Waals surface area contributed by atoms with Crippen LogP contribution < -0.4 is 4.90 Å². The second kappa shape index (κ2) is 9.46. The molecular weight excluding hydrogens is 544 g/mol. The lowest BCUT2D eigenvalue weighted by atomic mass is 9.67. The number of para-hydroxylation sites is 3. The molecule has 2 saturated carbocycles. The molecule has 2 bridgehead atoms. The van der Waals surface area contributed by atoms with Crippen LogP contribution in [0.4, 0.5) is 17.1 Å². The second-order valence-corrected chi connectivity index (χ2v) is 13.4. The van der Waals surface area contributed by atoms with E-state index in [2.05, 4.69) is 155 Å². The monoisotopic (exact) mass is 578 g/mol. The smallest absolute Gasteiger partial charge is 0.0543 e. The van der Waals surface area contributed by atoms with Crippen LogP contribution in [0.15, 0.2) is 146 Å². The highest BCUT2D eigenvalue weighted by molar-refractivity contribution is 6.11. The lowest BCUT2D eigenvalue weighted by Crippen LogP contribution is -2.31. The van der Waals surface area contributed by atoms with Crippen LogP contribution in [0.25, 0.3) is 38.6 Å². The lowest BCUT2D eigenvalue weighted by molar-refractivity contribution is 0.327. The third kappa shape index (κ3) is 3.45. The maximum absolute atomic E-state index is 2.51. The van der Waals surface area contributed by atoms with Crippen molar-refractivity contribution in [1.82, 2.24) is 4.57 Å². The molecule has 0 aliphatic heterocycles. The molecule has 0 saturated heterocycles. The van der Waals surface area contributed by atoms with Gasteiger partial charge in [-0.3, -0.25) is 0 Å². The van der Waals surface area contributed by atoms with Gasteiger partial charge in [0.05, 0.1) is 16.7 Å². The van der Waals surface area contributed by atoms with Crippen LogP contribution in [0.2, 0.25) is 0 Å². The molecule has 0 N–H and O–H groups in total. The van der Waals surface area contributed by atoms with E-state index in [4.69, 9.17) is 0 Å². The molecule has 6 aromatic carbocycles. The van der Waals surface area contributed by atoms with Crippen LogP contribution in [0.3, 0.4) is 0 Å². The Balaban J connectivity index is 1.24. The van der Waals surface area contributed by atoms with E-state index in [0.29, 0.717) is 0 Å². The number of rotatable bonds is 4. The zero-order chi connectivity index (χ0) is 29.5. The van der Waals surface area contributed by atoms with Crippen LogP contribution in [-0.4, -0.2) is 4.57 Å². The number of aromatic nitrogens is 1. The minimum Gasteiger partial charge on any atom is -0.310 e. The quantitative estimate of drug-likeness (QED) is 0.202. The molecule has 1 aromatic heterocycles. The summed E-state index contributed by atoms with van der Waals surface area (Å²) in [6, 6.07) is 54.0. The molecule has 3 atom stereocenters. The highest BCUT2D eigenvalue weighted by Gasteiger charge is 2.57. The fourth-order valence-electron chi connectivity index (χ4n) is 9.57. The summed E-state index contributed by atoms with van der Waals surface area (Å²) < 4.78 is 2.40. The van der Waals surface area contributed by atoms with Crippen LogP contribution in [0.5, 0.6) is 0 Å².